The minimum absolute atomic E-state index is 0.0542. The summed E-state index contributed by atoms with van der Waals surface area (Å²) >= 11 is 0. The van der Waals surface area contributed by atoms with Gasteiger partial charge in [-0.1, -0.05) is 0 Å². The summed E-state index contributed by atoms with van der Waals surface area (Å²) in [7, 11) is 1.51. The van der Waals surface area contributed by atoms with Gasteiger partial charge in [0.2, 0.25) is 5.75 Å². The highest BCUT2D eigenvalue weighted by molar-refractivity contribution is 5.98. The highest BCUT2D eigenvalue weighted by Crippen LogP contribution is 2.36. The summed E-state index contributed by atoms with van der Waals surface area (Å²) in [4.78, 5) is 29.5. The van der Waals surface area contributed by atoms with Gasteiger partial charge in [-0.3, -0.25) is 4.79 Å². The Hall–Kier alpha value is -2.94. The molecule has 9 heteroatoms. The van der Waals surface area contributed by atoms with Crippen LogP contribution >= 0.6 is 0 Å². The summed E-state index contributed by atoms with van der Waals surface area (Å²) < 4.78 is 10.4. The maximum Gasteiger partial charge on any atom is 0.406 e. The van der Waals surface area contributed by atoms with Crippen molar-refractivity contribution in [3.63, 3.8) is 0 Å². The molecule has 1 aliphatic heterocycles. The number of carbonyl (C=O) groups excluding carboxylic acids is 1. The Balaban J connectivity index is 2.05. The van der Waals surface area contributed by atoms with Gasteiger partial charge in [-0.2, -0.15) is 0 Å². The van der Waals surface area contributed by atoms with Crippen molar-refractivity contribution < 1.29 is 19.2 Å². The van der Waals surface area contributed by atoms with Gasteiger partial charge in [0.05, 0.1) is 23.4 Å². The Labute approximate surface area is 137 Å². The van der Waals surface area contributed by atoms with E-state index in [1.54, 1.807) is 12.1 Å². The molecule has 0 aliphatic carbocycles. The number of ether oxygens (including phenoxy) is 2. The van der Waals surface area contributed by atoms with Crippen molar-refractivity contribution in [3.05, 3.63) is 39.7 Å². The molecule has 9 nitrogen and oxygen atoms in total. The number of fused-ring (bicyclic) bond motifs is 1. The number of pyridine rings is 1. The fraction of sp³-hybridized carbons (Fsp3) is 0.333. The van der Waals surface area contributed by atoms with Crippen LogP contribution in [0.5, 0.6) is 5.75 Å². The van der Waals surface area contributed by atoms with Crippen LogP contribution in [0.25, 0.3) is 11.3 Å². The predicted octanol–water partition coefficient (Wildman–Crippen LogP) is 1.30. The first-order chi connectivity index (χ1) is 11.6. The first kappa shape index (κ1) is 15.9. The number of rotatable bonds is 6. The number of amides is 1. The van der Waals surface area contributed by atoms with Gasteiger partial charge in [0.25, 0.3) is 5.91 Å². The smallest absolute Gasteiger partial charge is 0.406 e. The second-order valence-corrected chi connectivity index (χ2v) is 5.19. The van der Waals surface area contributed by atoms with Gasteiger partial charge < -0.3 is 29.9 Å². The van der Waals surface area contributed by atoms with E-state index in [2.05, 4.69) is 15.3 Å². The zero-order chi connectivity index (χ0) is 17.1. The molecule has 24 heavy (non-hydrogen) atoms. The molecule has 0 spiro atoms. The number of carbonyl (C=O) groups is 1. The molecule has 1 amide bonds. The maximum atomic E-state index is 11.9. The topological polar surface area (TPSA) is 119 Å². The Bertz CT molecular complexity index is 786. The second-order valence-electron chi connectivity index (χ2n) is 5.19. The molecule has 0 aromatic carbocycles. The van der Waals surface area contributed by atoms with Crippen molar-refractivity contribution in [1.29, 1.82) is 0 Å². The standard InChI is InChI=1S/C15H16N4O5/c1-23-6-7-24-13-9(2-4-16-14(13)19(21)22)12-8-10-11(18-12)3-5-17-15(10)20/h2,4,8,18H,3,5-7H2,1H3,(H,17,20). The van der Waals surface area contributed by atoms with Crippen molar-refractivity contribution >= 4 is 11.7 Å². The van der Waals surface area contributed by atoms with Gasteiger partial charge in [0.15, 0.2) is 0 Å². The van der Waals surface area contributed by atoms with Crippen molar-refractivity contribution in [2.24, 2.45) is 0 Å². The summed E-state index contributed by atoms with van der Waals surface area (Å²) in [5.74, 6) is -0.483. The average molecular weight is 332 g/mol. The molecule has 2 aromatic heterocycles. The minimum Gasteiger partial charge on any atom is -0.483 e. The summed E-state index contributed by atoms with van der Waals surface area (Å²) in [6.07, 6.45) is 2.02. The molecule has 0 saturated carbocycles. The van der Waals surface area contributed by atoms with Crippen molar-refractivity contribution in [3.8, 4) is 17.0 Å². The van der Waals surface area contributed by atoms with Crippen LogP contribution in [-0.2, 0) is 11.2 Å². The zero-order valence-electron chi connectivity index (χ0n) is 13.0. The zero-order valence-corrected chi connectivity index (χ0v) is 13.0. The average Bonchev–Trinajstić information content (AvgIpc) is 3.00. The Kier molecular flexibility index (Phi) is 4.43. The van der Waals surface area contributed by atoms with Gasteiger partial charge in [0.1, 0.15) is 12.8 Å². The molecule has 2 aromatic rings. The summed E-state index contributed by atoms with van der Waals surface area (Å²) in [5.41, 5.74) is 2.40. The van der Waals surface area contributed by atoms with Gasteiger partial charge >= 0.3 is 5.82 Å². The fourth-order valence-electron chi connectivity index (χ4n) is 2.59. The highest BCUT2D eigenvalue weighted by Gasteiger charge is 2.26. The van der Waals surface area contributed by atoms with Gasteiger partial charge in [-0.25, -0.2) is 0 Å². The molecule has 0 saturated heterocycles. The van der Waals surface area contributed by atoms with Crippen LogP contribution in [0, 0.1) is 10.1 Å². The van der Waals surface area contributed by atoms with Crippen LogP contribution in [0.1, 0.15) is 16.1 Å². The molecule has 0 radical (unpaired) electrons. The second kappa shape index (κ2) is 6.67. The van der Waals surface area contributed by atoms with E-state index in [1.165, 1.54) is 13.3 Å². The molecule has 0 fully saturated rings. The number of methoxy groups -OCH3 is 1. The van der Waals surface area contributed by atoms with Crippen molar-refractivity contribution in [2.45, 2.75) is 6.42 Å². The molecule has 3 heterocycles. The summed E-state index contributed by atoms with van der Waals surface area (Å²) in [5, 5.41) is 14.0. The highest BCUT2D eigenvalue weighted by atomic mass is 16.6. The third-order valence-corrected chi connectivity index (χ3v) is 3.69. The number of aromatic nitrogens is 2. The van der Waals surface area contributed by atoms with Crippen molar-refractivity contribution in [2.75, 3.05) is 26.9 Å². The molecule has 0 unspecified atom stereocenters. The molecule has 126 valence electrons. The number of nitrogens with one attached hydrogen (secondary N) is 2. The van der Waals surface area contributed by atoms with E-state index in [9.17, 15) is 14.9 Å². The SMILES string of the molecule is COCCOc1c(-c2cc3c([nH]2)CCNC3=O)ccnc1[N+](=O)[O-]. The van der Waals surface area contributed by atoms with E-state index in [0.29, 0.717) is 29.8 Å². The largest absolute Gasteiger partial charge is 0.483 e. The van der Waals surface area contributed by atoms with Crippen LogP contribution in [0.3, 0.4) is 0 Å². The molecule has 0 bridgehead atoms. The quantitative estimate of drug-likeness (QED) is 0.467. The van der Waals surface area contributed by atoms with Crippen LogP contribution in [0.4, 0.5) is 5.82 Å². The van der Waals surface area contributed by atoms with Crippen molar-refractivity contribution in [1.82, 2.24) is 15.3 Å². The third kappa shape index (κ3) is 2.93. The van der Waals surface area contributed by atoms with E-state index in [1.807, 2.05) is 0 Å². The first-order valence-corrected chi connectivity index (χ1v) is 7.37. The molecule has 3 rings (SSSR count). The number of nitro groups is 1. The van der Waals surface area contributed by atoms with E-state index in [4.69, 9.17) is 9.47 Å². The lowest BCUT2D eigenvalue weighted by molar-refractivity contribution is -0.390. The molecule has 0 atom stereocenters. The lowest BCUT2D eigenvalue weighted by atomic mass is 10.1. The van der Waals surface area contributed by atoms with Gasteiger partial charge in [-0.05, 0) is 22.0 Å². The minimum atomic E-state index is -0.596. The van der Waals surface area contributed by atoms with Crippen LogP contribution < -0.4 is 10.1 Å². The molecular weight excluding hydrogens is 316 g/mol. The van der Waals surface area contributed by atoms with Crippen LogP contribution in [-0.4, -0.2) is 47.7 Å². The maximum absolute atomic E-state index is 11.9. The van der Waals surface area contributed by atoms with E-state index >= 15 is 0 Å². The molecular formula is C15H16N4O5. The number of aromatic amines is 1. The predicted molar refractivity (Wildman–Crippen MR) is 84.1 cm³/mol. The van der Waals surface area contributed by atoms with E-state index in [-0.39, 0.29) is 30.7 Å². The first-order valence-electron chi connectivity index (χ1n) is 7.37. The third-order valence-electron chi connectivity index (χ3n) is 3.69. The Morgan fingerprint density at radius 2 is 2.21 bits per heavy atom. The molecule has 1 aliphatic rings. The normalized spacial score (nSPS) is 13.3. The van der Waals surface area contributed by atoms with Gasteiger partial charge in [0, 0.05) is 25.8 Å². The number of nitrogens with zero attached hydrogens (tertiary/aromatic N) is 2. The Morgan fingerprint density at radius 3 is 2.92 bits per heavy atom. The Morgan fingerprint density at radius 1 is 1.38 bits per heavy atom. The van der Waals surface area contributed by atoms with Crippen LogP contribution in [0.15, 0.2) is 18.3 Å². The molecule has 2 N–H and O–H groups in total. The van der Waals surface area contributed by atoms with Gasteiger partial charge in [-0.15, -0.1) is 0 Å². The monoisotopic (exact) mass is 332 g/mol. The fourth-order valence-corrected chi connectivity index (χ4v) is 2.59. The number of hydrogen-bond acceptors (Lipinski definition) is 6. The lowest BCUT2D eigenvalue weighted by Gasteiger charge is -2.11. The van der Waals surface area contributed by atoms with Crippen LogP contribution in [0.2, 0.25) is 0 Å². The summed E-state index contributed by atoms with van der Waals surface area (Å²) in [6.45, 7) is 0.992. The van der Waals surface area contributed by atoms with E-state index in [0.717, 1.165) is 5.69 Å². The van der Waals surface area contributed by atoms with E-state index < -0.39 is 4.92 Å². The lowest BCUT2D eigenvalue weighted by Crippen LogP contribution is -2.31. The summed E-state index contributed by atoms with van der Waals surface area (Å²) in [6, 6.07) is 3.29. The number of hydrogen-bond donors (Lipinski definition) is 2. The number of H-pyrrole nitrogens is 1.